The van der Waals surface area contributed by atoms with Crippen LogP contribution in [0, 0.1) is 23.7 Å². The third-order valence-corrected chi connectivity index (χ3v) is 15.6. The van der Waals surface area contributed by atoms with Gasteiger partial charge >= 0.3 is 11.9 Å². The number of rotatable bonds is 27. The number of carboxylic acid groups (broad SMARTS) is 2. The standard InChI is InChI=1S/C55H79N9O12/c1-37(2)43-32-42(63(15-8-14-59(3)4)50(67)36-76-26-25-75-24-13-56-49(66)34-61-18-16-60(22-23-65)17-19-62(21-20-61)35-51(68)69)11-12-45(43)64-46(52-47(73-5)9-7-10-48(52)74-6)33-44(58-64)53(70)57-55(54(71)72)40-28-38-27-39(30-40)31-41(55)29-38/h7,9-12,23,32-33,37-41H,8,13-22,24-31,34-36H2,1-6H3,(H,56,66)(H,57,70)(H,68,69)(H,71,72). The molecule has 0 atom stereocenters. The minimum Gasteiger partial charge on any atom is -0.496 e. The number of carbonyl (C=O) groups is 6. The van der Waals surface area contributed by atoms with Crippen LogP contribution in [0.3, 0.4) is 0 Å². The highest BCUT2D eigenvalue weighted by Gasteiger charge is 2.62. The Labute approximate surface area is 446 Å². The number of aromatic nitrogens is 2. The molecule has 2 aromatic carbocycles. The molecule has 3 aromatic rings. The zero-order valence-electron chi connectivity index (χ0n) is 45.2. The lowest BCUT2D eigenvalue weighted by Crippen LogP contribution is -2.70. The number of aldehydes is 1. The first-order valence-corrected chi connectivity index (χ1v) is 26.8. The Morgan fingerprint density at radius 1 is 0.803 bits per heavy atom. The summed E-state index contributed by atoms with van der Waals surface area (Å²) < 4.78 is 25.0. The zero-order valence-corrected chi connectivity index (χ0v) is 45.2. The van der Waals surface area contributed by atoms with Crippen molar-refractivity contribution in [3.05, 3.63) is 53.7 Å². The molecule has 1 aliphatic heterocycles. The molecule has 4 saturated carbocycles. The van der Waals surface area contributed by atoms with Crippen molar-refractivity contribution in [2.45, 2.75) is 63.8 Å². The van der Waals surface area contributed by atoms with E-state index in [4.69, 9.17) is 24.0 Å². The summed E-state index contributed by atoms with van der Waals surface area (Å²) in [5.41, 5.74) is 1.86. The summed E-state index contributed by atoms with van der Waals surface area (Å²) in [6.45, 7) is 9.29. The van der Waals surface area contributed by atoms with Gasteiger partial charge in [-0.05, 0) is 131 Å². The summed E-state index contributed by atoms with van der Waals surface area (Å²) in [5.74, 6) is -1.38. The fourth-order valence-corrected chi connectivity index (χ4v) is 12.0. The van der Waals surface area contributed by atoms with Crippen LogP contribution in [-0.2, 0) is 33.4 Å². The van der Waals surface area contributed by atoms with Gasteiger partial charge in [0.25, 0.3) is 11.8 Å². The van der Waals surface area contributed by atoms with Crippen molar-refractivity contribution in [3.63, 3.8) is 0 Å². The summed E-state index contributed by atoms with van der Waals surface area (Å²) in [6, 6.07) is 12.8. The van der Waals surface area contributed by atoms with Crippen molar-refractivity contribution in [3.8, 4) is 28.4 Å². The Hall–Kier alpha value is -5.97. The number of nitrogens with one attached hydrogen (secondary N) is 2. The molecule has 5 fully saturated rings. The number of anilines is 1. The quantitative estimate of drug-likeness (QED) is 0.0633. The van der Waals surface area contributed by atoms with Crippen LogP contribution in [0.1, 0.15) is 74.3 Å². The van der Waals surface area contributed by atoms with Gasteiger partial charge in [-0.15, -0.1) is 0 Å². The van der Waals surface area contributed by atoms with Crippen LogP contribution >= 0.6 is 0 Å². The first kappa shape index (κ1) is 57.7. The molecule has 1 saturated heterocycles. The predicted molar refractivity (Wildman–Crippen MR) is 284 cm³/mol. The van der Waals surface area contributed by atoms with Gasteiger partial charge in [-0.25, -0.2) is 9.48 Å². The maximum absolute atomic E-state index is 14.6. The smallest absolute Gasteiger partial charge is 0.330 e. The Morgan fingerprint density at radius 3 is 2.00 bits per heavy atom. The van der Waals surface area contributed by atoms with Gasteiger partial charge < -0.3 is 54.4 Å². The van der Waals surface area contributed by atoms with Crippen molar-refractivity contribution in [1.29, 1.82) is 0 Å². The van der Waals surface area contributed by atoms with E-state index in [1.807, 2.05) is 66.9 Å². The maximum atomic E-state index is 14.6. The summed E-state index contributed by atoms with van der Waals surface area (Å²) in [5, 5.41) is 31.1. The molecule has 21 heteroatoms. The number of benzene rings is 2. The second-order valence-electron chi connectivity index (χ2n) is 21.3. The molecule has 21 nitrogen and oxygen atoms in total. The zero-order chi connectivity index (χ0) is 54.5. The van der Waals surface area contributed by atoms with Gasteiger partial charge in [-0.2, -0.15) is 5.10 Å². The maximum Gasteiger partial charge on any atom is 0.330 e. The van der Waals surface area contributed by atoms with Gasteiger partial charge in [0.2, 0.25) is 5.91 Å². The number of carbonyl (C=O) groups excluding carboxylic acids is 4. The summed E-state index contributed by atoms with van der Waals surface area (Å²) in [6.07, 6.45) is 5.79. The van der Waals surface area contributed by atoms with Gasteiger partial charge in [-0.3, -0.25) is 33.9 Å². The van der Waals surface area contributed by atoms with Crippen LogP contribution in [0.25, 0.3) is 16.9 Å². The molecule has 0 spiro atoms. The first-order valence-electron chi connectivity index (χ1n) is 26.8. The van der Waals surface area contributed by atoms with E-state index in [2.05, 4.69) is 15.5 Å². The molecule has 1 aromatic heterocycles. The van der Waals surface area contributed by atoms with Crippen LogP contribution in [0.2, 0.25) is 0 Å². The number of hydrogen-bond donors (Lipinski definition) is 4. The van der Waals surface area contributed by atoms with Gasteiger partial charge in [0, 0.05) is 58.0 Å². The summed E-state index contributed by atoms with van der Waals surface area (Å²) in [7, 11) is 7.07. The molecule has 8 rings (SSSR count). The van der Waals surface area contributed by atoms with E-state index >= 15 is 0 Å². The molecular weight excluding hydrogens is 979 g/mol. The van der Waals surface area contributed by atoms with E-state index in [9.17, 15) is 39.0 Å². The SMILES string of the molecule is COc1cccc(OC)c1-c1cc(C(=O)NC2(C(=O)O)C3CC4CC(C3)CC2C4)nn1-c1ccc(N(CCCN(C)C)C(=O)COCCOCCNC(=O)CN2CCN(CC=O)CCN(CC(=O)O)CC2)cc1C(C)C. The highest BCUT2D eigenvalue weighted by molar-refractivity contribution is 5.98. The predicted octanol–water partition coefficient (Wildman–Crippen LogP) is 3.33. The van der Waals surface area contributed by atoms with Crippen molar-refractivity contribution in [2.75, 3.05) is 138 Å². The highest BCUT2D eigenvalue weighted by Crippen LogP contribution is 2.58. The van der Waals surface area contributed by atoms with E-state index in [1.165, 1.54) is 0 Å². The molecule has 416 valence electrons. The number of methoxy groups -OCH3 is 2. The molecule has 5 aliphatic rings. The summed E-state index contributed by atoms with van der Waals surface area (Å²) >= 11 is 0. The third-order valence-electron chi connectivity index (χ3n) is 15.6. The Balaban J connectivity index is 1.02. The van der Waals surface area contributed by atoms with E-state index in [0.717, 1.165) is 50.5 Å². The van der Waals surface area contributed by atoms with E-state index in [0.29, 0.717) is 98.2 Å². The number of ether oxygens (including phenoxy) is 4. The number of nitrogens with zero attached hydrogens (tertiary/aromatic N) is 7. The van der Waals surface area contributed by atoms with E-state index in [1.54, 1.807) is 42.0 Å². The Bertz CT molecular complexity index is 2450. The lowest BCUT2D eigenvalue weighted by atomic mass is 9.48. The number of carboxylic acids is 2. The normalized spacial score (nSPS) is 21.9. The molecule has 76 heavy (non-hydrogen) atoms. The highest BCUT2D eigenvalue weighted by atomic mass is 16.5. The van der Waals surface area contributed by atoms with Crippen LogP contribution in [0.15, 0.2) is 42.5 Å². The Kier molecular flexibility index (Phi) is 20.4. The Morgan fingerprint density at radius 2 is 1.42 bits per heavy atom. The van der Waals surface area contributed by atoms with Crippen LogP contribution < -0.4 is 25.0 Å². The molecule has 3 amide bonds. The van der Waals surface area contributed by atoms with Gasteiger partial charge in [0.1, 0.15) is 29.9 Å². The van der Waals surface area contributed by atoms with Gasteiger partial charge in [-0.1, -0.05) is 19.9 Å². The van der Waals surface area contributed by atoms with Crippen LogP contribution in [0.5, 0.6) is 11.5 Å². The average Bonchev–Trinajstić information content (AvgIpc) is 3.86. The second-order valence-corrected chi connectivity index (χ2v) is 21.3. The minimum atomic E-state index is -1.38. The molecule has 4 bridgehead atoms. The molecule has 2 heterocycles. The average molecular weight is 1060 g/mol. The first-order chi connectivity index (χ1) is 36.5. The van der Waals surface area contributed by atoms with Crippen molar-refractivity contribution in [2.24, 2.45) is 23.7 Å². The molecular formula is C55H79N9O12. The monoisotopic (exact) mass is 1060 g/mol. The summed E-state index contributed by atoms with van der Waals surface area (Å²) in [4.78, 5) is 87.0. The largest absolute Gasteiger partial charge is 0.496 e. The van der Waals surface area contributed by atoms with Crippen LogP contribution in [-0.4, -0.2) is 214 Å². The second kappa shape index (κ2) is 26.9. The van der Waals surface area contributed by atoms with Crippen molar-refractivity contribution >= 4 is 41.6 Å². The molecule has 4 N–H and O–H groups in total. The van der Waals surface area contributed by atoms with E-state index < -0.39 is 23.4 Å². The fourth-order valence-electron chi connectivity index (χ4n) is 12.0. The molecule has 0 radical (unpaired) electrons. The third kappa shape index (κ3) is 14.1. The lowest BCUT2D eigenvalue weighted by Gasteiger charge is -2.59. The number of hydrogen-bond acceptors (Lipinski definition) is 15. The van der Waals surface area contributed by atoms with Crippen molar-refractivity contribution in [1.82, 2.24) is 40.0 Å². The molecule has 0 unspecified atom stereocenters. The fraction of sp³-hybridized carbons (Fsp3) is 0.618. The minimum absolute atomic E-state index is 0.0513. The number of aliphatic carboxylic acids is 2. The van der Waals surface area contributed by atoms with Crippen LogP contribution in [0.4, 0.5) is 5.69 Å². The van der Waals surface area contributed by atoms with Crippen molar-refractivity contribution < 1.29 is 57.9 Å². The molecule has 4 aliphatic carbocycles. The topological polar surface area (TPSA) is 238 Å². The lowest BCUT2D eigenvalue weighted by molar-refractivity contribution is -0.163. The number of amides is 3. The van der Waals surface area contributed by atoms with Gasteiger partial charge in [0.05, 0.1) is 70.6 Å². The van der Waals surface area contributed by atoms with E-state index in [-0.39, 0.29) is 87.9 Å². The van der Waals surface area contributed by atoms with Gasteiger partial charge in [0.15, 0.2) is 5.69 Å².